The van der Waals surface area contributed by atoms with Crippen molar-refractivity contribution < 1.29 is 5.11 Å². The molecule has 0 aromatic heterocycles. The monoisotopic (exact) mass is 264 g/mol. The Hall–Kier alpha value is 0.360. The lowest BCUT2D eigenvalue weighted by molar-refractivity contribution is 0.0709. The average molecular weight is 265 g/mol. The topological polar surface area (TPSA) is 26.7 Å². The molecule has 1 atom stereocenters. The predicted octanol–water partition coefficient (Wildman–Crippen LogP) is 0.768. The maximum Gasteiger partial charge on any atom is 0.0763 e. The summed E-state index contributed by atoms with van der Waals surface area (Å²) in [5.41, 5.74) is 0. The lowest BCUT2D eigenvalue weighted by Crippen LogP contribution is -2.50. The number of nitrogens with zero attached hydrogens (tertiary/aromatic N) is 2. The van der Waals surface area contributed by atoms with Crippen molar-refractivity contribution in [3.8, 4) is 0 Å². The van der Waals surface area contributed by atoms with E-state index in [1.54, 1.807) is 0 Å². The van der Waals surface area contributed by atoms with Crippen LogP contribution in [-0.2, 0) is 0 Å². The van der Waals surface area contributed by atoms with E-state index in [1.807, 2.05) is 0 Å². The summed E-state index contributed by atoms with van der Waals surface area (Å²) >= 11 is 3.29. The van der Waals surface area contributed by atoms with Gasteiger partial charge in [0, 0.05) is 44.1 Å². The lowest BCUT2D eigenvalue weighted by Gasteiger charge is -2.37. The molecule has 1 rings (SSSR count). The van der Waals surface area contributed by atoms with E-state index >= 15 is 0 Å². The van der Waals surface area contributed by atoms with Gasteiger partial charge in [0.15, 0.2) is 0 Å². The minimum Gasteiger partial charge on any atom is -0.391 e. The highest BCUT2D eigenvalue weighted by atomic mass is 79.9. The maximum atomic E-state index is 9.48. The minimum absolute atomic E-state index is 0.222. The average Bonchev–Trinajstić information content (AvgIpc) is 2.18. The van der Waals surface area contributed by atoms with Gasteiger partial charge < -0.3 is 5.11 Å². The molecule has 1 saturated heterocycles. The molecule has 0 bridgehead atoms. The first-order chi connectivity index (χ1) is 6.63. The molecule has 0 aromatic carbocycles. The van der Waals surface area contributed by atoms with Crippen LogP contribution < -0.4 is 0 Å². The number of alkyl halides is 1. The van der Waals surface area contributed by atoms with Gasteiger partial charge in [-0.15, -0.1) is 0 Å². The van der Waals surface area contributed by atoms with Crippen LogP contribution in [0, 0.1) is 0 Å². The molecule has 3 nitrogen and oxygen atoms in total. The Bertz CT molecular complexity index is 158. The molecule has 0 aromatic rings. The Morgan fingerprint density at radius 2 is 1.79 bits per heavy atom. The third-order valence-electron chi connectivity index (χ3n) is 2.78. The van der Waals surface area contributed by atoms with Gasteiger partial charge in [0.25, 0.3) is 0 Å². The van der Waals surface area contributed by atoms with Crippen molar-refractivity contribution >= 4 is 15.9 Å². The Morgan fingerprint density at radius 3 is 2.21 bits per heavy atom. The fraction of sp³-hybridized carbons (Fsp3) is 1.00. The van der Waals surface area contributed by atoms with Gasteiger partial charge in [-0.25, -0.2) is 0 Å². The molecule has 1 fully saturated rings. The van der Waals surface area contributed by atoms with Crippen molar-refractivity contribution in [1.29, 1.82) is 0 Å². The number of piperazine rings is 1. The zero-order valence-corrected chi connectivity index (χ0v) is 10.7. The van der Waals surface area contributed by atoms with E-state index in [0.717, 1.165) is 32.7 Å². The second-order valence-electron chi connectivity index (χ2n) is 4.24. The first kappa shape index (κ1) is 12.4. The van der Waals surface area contributed by atoms with E-state index in [9.17, 15) is 5.11 Å². The highest BCUT2D eigenvalue weighted by Crippen LogP contribution is 2.06. The Labute approximate surface area is 95.2 Å². The molecule has 0 saturated carbocycles. The summed E-state index contributed by atoms with van der Waals surface area (Å²) in [6.45, 7) is 9.72. The van der Waals surface area contributed by atoms with E-state index < -0.39 is 0 Å². The van der Waals surface area contributed by atoms with E-state index in [4.69, 9.17) is 0 Å². The molecular weight excluding hydrogens is 244 g/mol. The van der Waals surface area contributed by atoms with Crippen molar-refractivity contribution in [2.45, 2.75) is 26.0 Å². The Kier molecular flexibility index (Phi) is 5.38. The summed E-state index contributed by atoms with van der Waals surface area (Å²) in [5.74, 6) is 0. The zero-order chi connectivity index (χ0) is 10.6. The predicted molar refractivity (Wildman–Crippen MR) is 62.9 cm³/mol. The van der Waals surface area contributed by atoms with Crippen LogP contribution in [0.3, 0.4) is 0 Å². The molecule has 1 aliphatic rings. The van der Waals surface area contributed by atoms with Gasteiger partial charge in [0.2, 0.25) is 0 Å². The van der Waals surface area contributed by atoms with Gasteiger partial charge >= 0.3 is 0 Å². The van der Waals surface area contributed by atoms with Crippen LogP contribution in [0.5, 0.6) is 0 Å². The van der Waals surface area contributed by atoms with E-state index in [2.05, 4.69) is 39.6 Å². The molecule has 1 N–H and O–H groups in total. The van der Waals surface area contributed by atoms with Gasteiger partial charge in [-0.2, -0.15) is 0 Å². The van der Waals surface area contributed by atoms with E-state index in [1.165, 1.54) is 0 Å². The van der Waals surface area contributed by atoms with Crippen molar-refractivity contribution in [2.75, 3.05) is 38.1 Å². The number of halogens is 1. The van der Waals surface area contributed by atoms with E-state index in [-0.39, 0.29) is 6.10 Å². The van der Waals surface area contributed by atoms with Crippen molar-refractivity contribution in [1.82, 2.24) is 9.80 Å². The number of aliphatic hydroxyl groups excluding tert-OH is 1. The van der Waals surface area contributed by atoms with Crippen LogP contribution in [0.1, 0.15) is 13.8 Å². The van der Waals surface area contributed by atoms with Gasteiger partial charge in [-0.1, -0.05) is 15.9 Å². The van der Waals surface area contributed by atoms with Crippen molar-refractivity contribution in [2.24, 2.45) is 0 Å². The van der Waals surface area contributed by atoms with E-state index in [0.29, 0.717) is 11.4 Å². The number of aliphatic hydroxyl groups is 1. The fourth-order valence-corrected chi connectivity index (χ4v) is 2.01. The molecule has 1 unspecified atom stereocenters. The van der Waals surface area contributed by atoms with Crippen LogP contribution in [0.15, 0.2) is 0 Å². The van der Waals surface area contributed by atoms with Crippen molar-refractivity contribution in [3.05, 3.63) is 0 Å². The summed E-state index contributed by atoms with van der Waals surface area (Å²) in [5, 5.41) is 10.2. The molecule has 0 amide bonds. The summed E-state index contributed by atoms with van der Waals surface area (Å²) < 4.78 is 0. The molecule has 0 spiro atoms. The second kappa shape index (κ2) is 6.05. The van der Waals surface area contributed by atoms with Crippen LogP contribution in [0.2, 0.25) is 0 Å². The van der Waals surface area contributed by atoms with Crippen LogP contribution >= 0.6 is 15.9 Å². The minimum atomic E-state index is -0.222. The highest BCUT2D eigenvalue weighted by Gasteiger charge is 2.19. The molecule has 1 heterocycles. The summed E-state index contributed by atoms with van der Waals surface area (Å²) in [7, 11) is 0. The summed E-state index contributed by atoms with van der Waals surface area (Å²) in [6, 6.07) is 0.651. The lowest BCUT2D eigenvalue weighted by atomic mass is 10.2. The van der Waals surface area contributed by atoms with Crippen LogP contribution in [0.25, 0.3) is 0 Å². The van der Waals surface area contributed by atoms with Crippen molar-refractivity contribution in [3.63, 3.8) is 0 Å². The molecule has 0 aliphatic carbocycles. The van der Waals surface area contributed by atoms with Crippen LogP contribution in [-0.4, -0.2) is 65.1 Å². The van der Waals surface area contributed by atoms with Gasteiger partial charge in [0.1, 0.15) is 0 Å². The number of hydrogen-bond donors (Lipinski definition) is 1. The standard InChI is InChI=1S/C10H21BrN2O/c1-9(2)13-5-3-12(4-6-13)8-10(14)7-11/h9-10,14H,3-8H2,1-2H3. The van der Waals surface area contributed by atoms with Gasteiger partial charge in [0.05, 0.1) is 6.10 Å². The van der Waals surface area contributed by atoms with Gasteiger partial charge in [-0.3, -0.25) is 9.80 Å². The molecule has 1 aliphatic heterocycles. The second-order valence-corrected chi connectivity index (χ2v) is 4.89. The zero-order valence-electron chi connectivity index (χ0n) is 9.12. The normalized spacial score (nSPS) is 22.9. The largest absolute Gasteiger partial charge is 0.391 e. The first-order valence-corrected chi connectivity index (χ1v) is 6.46. The van der Waals surface area contributed by atoms with Crippen LogP contribution in [0.4, 0.5) is 0 Å². The third kappa shape index (κ3) is 3.85. The molecule has 0 radical (unpaired) electrons. The maximum absolute atomic E-state index is 9.48. The molecular formula is C10H21BrN2O. The third-order valence-corrected chi connectivity index (χ3v) is 3.53. The quantitative estimate of drug-likeness (QED) is 0.761. The summed E-state index contributed by atoms with van der Waals surface area (Å²) in [4.78, 5) is 4.82. The smallest absolute Gasteiger partial charge is 0.0763 e. The number of rotatable bonds is 4. The first-order valence-electron chi connectivity index (χ1n) is 5.34. The molecule has 14 heavy (non-hydrogen) atoms. The molecule has 4 heteroatoms. The Morgan fingerprint density at radius 1 is 1.21 bits per heavy atom. The van der Waals surface area contributed by atoms with Gasteiger partial charge in [-0.05, 0) is 13.8 Å². The number of hydrogen-bond acceptors (Lipinski definition) is 3. The summed E-state index contributed by atoms with van der Waals surface area (Å²) in [6.07, 6.45) is -0.222. The SMILES string of the molecule is CC(C)N1CCN(CC(O)CBr)CC1. The highest BCUT2D eigenvalue weighted by molar-refractivity contribution is 9.09. The molecule has 84 valence electrons. The fourth-order valence-electron chi connectivity index (χ4n) is 1.81. The number of β-amino-alcohol motifs (C(OH)–C–C–N with tert-alkyl or cyclic N) is 1. The Balaban J connectivity index is 2.22.